The van der Waals surface area contributed by atoms with E-state index >= 15 is 0 Å². The van der Waals surface area contributed by atoms with E-state index in [0.717, 1.165) is 30.9 Å². The second kappa shape index (κ2) is 6.83. The lowest BCUT2D eigenvalue weighted by Gasteiger charge is -2.19. The van der Waals surface area contributed by atoms with Gasteiger partial charge < -0.3 is 10.2 Å². The van der Waals surface area contributed by atoms with Crippen LogP contribution in [-0.2, 0) is 6.54 Å². The van der Waals surface area contributed by atoms with E-state index in [1.165, 1.54) is 0 Å². The lowest BCUT2D eigenvalue weighted by molar-refractivity contribution is 1.09. The lowest BCUT2D eigenvalue weighted by Crippen LogP contribution is -2.12. The third kappa shape index (κ3) is 3.90. The zero-order chi connectivity index (χ0) is 14.7. The molecule has 20 heavy (non-hydrogen) atoms. The van der Waals surface area contributed by atoms with Crippen LogP contribution in [0.5, 0.6) is 0 Å². The summed E-state index contributed by atoms with van der Waals surface area (Å²) in [4.78, 5) is 2.09. The molecule has 106 valence electrons. The number of nitrogens with one attached hydrogen (secondary N) is 1. The summed E-state index contributed by atoms with van der Waals surface area (Å²) in [6, 6.07) is 12.0. The summed E-state index contributed by atoms with van der Waals surface area (Å²) in [5.74, 6) is 0. The Kier molecular flexibility index (Phi) is 5.35. The number of rotatable bonds is 4. The van der Waals surface area contributed by atoms with E-state index in [4.69, 9.17) is 11.6 Å². The average Bonchev–Trinajstić information content (AvgIpc) is 2.39. The molecule has 0 heterocycles. The first-order chi connectivity index (χ1) is 9.47. The molecule has 0 spiro atoms. The fourth-order valence-corrected chi connectivity index (χ4v) is 2.85. The largest absolute Gasteiger partial charge is 0.379 e. The molecule has 2 nitrogen and oxygen atoms in total. The highest BCUT2D eigenvalue weighted by Crippen LogP contribution is 2.29. The summed E-state index contributed by atoms with van der Waals surface area (Å²) in [7, 11) is 4.06. The van der Waals surface area contributed by atoms with Gasteiger partial charge >= 0.3 is 0 Å². The van der Waals surface area contributed by atoms with Crippen LogP contribution in [0.15, 0.2) is 45.3 Å². The molecule has 0 aliphatic rings. The maximum Gasteiger partial charge on any atom is 0.0597 e. The van der Waals surface area contributed by atoms with Crippen molar-refractivity contribution in [3.63, 3.8) is 0 Å². The normalized spacial score (nSPS) is 10.4. The first-order valence-corrected chi connectivity index (χ1v) is 8.08. The Balaban J connectivity index is 2.22. The van der Waals surface area contributed by atoms with E-state index in [1.807, 2.05) is 38.4 Å². The molecule has 2 rings (SSSR count). The van der Waals surface area contributed by atoms with Gasteiger partial charge in [-0.25, -0.2) is 0 Å². The monoisotopic (exact) mass is 416 g/mol. The Hall–Kier alpha value is -0.710. The van der Waals surface area contributed by atoms with Gasteiger partial charge in [-0.3, -0.25) is 0 Å². The molecule has 2 aromatic rings. The Morgan fingerprint density at radius 3 is 2.55 bits per heavy atom. The van der Waals surface area contributed by atoms with Crippen molar-refractivity contribution in [1.82, 2.24) is 0 Å². The van der Waals surface area contributed by atoms with Gasteiger partial charge in [0, 0.05) is 34.6 Å². The minimum Gasteiger partial charge on any atom is -0.379 e. The van der Waals surface area contributed by atoms with Crippen LogP contribution in [0, 0.1) is 0 Å². The third-order valence-electron chi connectivity index (χ3n) is 2.92. The summed E-state index contributed by atoms with van der Waals surface area (Å²) >= 11 is 13.1. The maximum atomic E-state index is 6.04. The van der Waals surface area contributed by atoms with E-state index in [2.05, 4.69) is 54.2 Å². The highest BCUT2D eigenvalue weighted by molar-refractivity contribution is 9.10. The van der Waals surface area contributed by atoms with Crippen LogP contribution in [0.3, 0.4) is 0 Å². The predicted molar refractivity (Wildman–Crippen MR) is 94.9 cm³/mol. The average molecular weight is 419 g/mol. The van der Waals surface area contributed by atoms with Crippen molar-refractivity contribution in [3.8, 4) is 0 Å². The number of benzene rings is 2. The number of halogens is 3. The molecule has 1 N–H and O–H groups in total. The topological polar surface area (TPSA) is 15.3 Å². The van der Waals surface area contributed by atoms with Crippen molar-refractivity contribution in [2.45, 2.75) is 6.54 Å². The van der Waals surface area contributed by atoms with Crippen molar-refractivity contribution >= 4 is 54.8 Å². The lowest BCUT2D eigenvalue weighted by atomic mass is 10.2. The van der Waals surface area contributed by atoms with Crippen LogP contribution in [0.25, 0.3) is 0 Å². The van der Waals surface area contributed by atoms with Gasteiger partial charge in [0.1, 0.15) is 0 Å². The molecule has 0 unspecified atom stereocenters. The summed E-state index contributed by atoms with van der Waals surface area (Å²) in [5, 5.41) is 4.20. The van der Waals surface area contributed by atoms with Crippen LogP contribution in [0.2, 0.25) is 5.02 Å². The molecule has 0 bridgehead atoms. The molecule has 0 aliphatic carbocycles. The number of hydrogen-bond acceptors (Lipinski definition) is 2. The van der Waals surface area contributed by atoms with Crippen LogP contribution in [0.4, 0.5) is 11.4 Å². The van der Waals surface area contributed by atoms with Crippen LogP contribution in [0.1, 0.15) is 5.56 Å². The summed E-state index contributed by atoms with van der Waals surface area (Å²) < 4.78 is 2.10. The Labute approximate surface area is 141 Å². The Morgan fingerprint density at radius 1 is 1.10 bits per heavy atom. The van der Waals surface area contributed by atoms with Crippen molar-refractivity contribution in [1.29, 1.82) is 0 Å². The van der Waals surface area contributed by atoms with Gasteiger partial charge in [0.15, 0.2) is 0 Å². The summed E-state index contributed by atoms with van der Waals surface area (Å²) in [6.45, 7) is 0.707. The van der Waals surface area contributed by atoms with Crippen molar-refractivity contribution in [2.24, 2.45) is 0 Å². The highest BCUT2D eigenvalue weighted by Gasteiger charge is 2.07. The van der Waals surface area contributed by atoms with Gasteiger partial charge in [0.05, 0.1) is 11.4 Å². The molecular weight excluding hydrogens is 403 g/mol. The molecule has 0 aromatic heterocycles. The molecule has 0 radical (unpaired) electrons. The second-order valence-corrected chi connectivity index (χ2v) is 6.85. The van der Waals surface area contributed by atoms with E-state index in [-0.39, 0.29) is 0 Å². The molecule has 0 amide bonds. The maximum absolute atomic E-state index is 6.04. The van der Waals surface area contributed by atoms with Crippen molar-refractivity contribution in [3.05, 3.63) is 55.9 Å². The minimum absolute atomic E-state index is 0.707. The minimum atomic E-state index is 0.707. The third-order valence-corrected chi connectivity index (χ3v) is 4.42. The molecule has 0 saturated carbocycles. The zero-order valence-corrected chi connectivity index (χ0v) is 15.2. The fourth-order valence-electron chi connectivity index (χ4n) is 1.91. The van der Waals surface area contributed by atoms with E-state index in [0.29, 0.717) is 6.54 Å². The molecule has 0 fully saturated rings. The number of nitrogens with zero attached hydrogens (tertiary/aromatic N) is 1. The van der Waals surface area contributed by atoms with Gasteiger partial charge in [0.2, 0.25) is 0 Å². The van der Waals surface area contributed by atoms with Gasteiger partial charge in [-0.1, -0.05) is 43.5 Å². The van der Waals surface area contributed by atoms with Gasteiger partial charge in [-0.2, -0.15) is 0 Å². The summed E-state index contributed by atoms with van der Waals surface area (Å²) in [5.41, 5.74) is 3.35. The van der Waals surface area contributed by atoms with E-state index in [1.54, 1.807) is 0 Å². The zero-order valence-electron chi connectivity index (χ0n) is 11.3. The molecule has 0 saturated heterocycles. The number of anilines is 2. The predicted octanol–water partition coefficient (Wildman–Crippen LogP) is 5.54. The van der Waals surface area contributed by atoms with Crippen molar-refractivity contribution < 1.29 is 0 Å². The van der Waals surface area contributed by atoms with Crippen molar-refractivity contribution in [2.75, 3.05) is 24.3 Å². The molecule has 0 atom stereocenters. The molecule has 2 aromatic carbocycles. The first kappa shape index (κ1) is 15.7. The standard InChI is InChI=1S/C15H15Br2ClN2/c1-20(2)15-6-3-11(16)8-14(15)19-9-10-7-12(18)4-5-13(10)17/h3-8,19H,9H2,1-2H3. The Morgan fingerprint density at radius 2 is 1.85 bits per heavy atom. The quantitative estimate of drug-likeness (QED) is 0.701. The van der Waals surface area contributed by atoms with Gasteiger partial charge in [-0.05, 0) is 42.0 Å². The second-order valence-electron chi connectivity index (χ2n) is 4.65. The molecule has 0 aliphatic heterocycles. The summed E-state index contributed by atoms with van der Waals surface area (Å²) in [6.07, 6.45) is 0. The fraction of sp³-hybridized carbons (Fsp3) is 0.200. The van der Waals surface area contributed by atoms with Crippen LogP contribution >= 0.6 is 43.5 Å². The van der Waals surface area contributed by atoms with Gasteiger partial charge in [-0.15, -0.1) is 0 Å². The van der Waals surface area contributed by atoms with Gasteiger partial charge in [0.25, 0.3) is 0 Å². The van der Waals surface area contributed by atoms with Crippen LogP contribution < -0.4 is 10.2 Å². The van der Waals surface area contributed by atoms with E-state index in [9.17, 15) is 0 Å². The number of hydrogen-bond donors (Lipinski definition) is 1. The van der Waals surface area contributed by atoms with E-state index < -0.39 is 0 Å². The first-order valence-electron chi connectivity index (χ1n) is 6.12. The molecule has 5 heteroatoms. The highest BCUT2D eigenvalue weighted by atomic mass is 79.9. The SMILES string of the molecule is CN(C)c1ccc(Br)cc1NCc1cc(Cl)ccc1Br. The molecular formula is C15H15Br2ClN2. The smallest absolute Gasteiger partial charge is 0.0597 e. The Bertz CT molecular complexity index is 615. The van der Waals surface area contributed by atoms with Crippen LogP contribution in [-0.4, -0.2) is 14.1 Å².